The number of halogens is 2. The van der Waals surface area contributed by atoms with Crippen LogP contribution in [0.1, 0.15) is 16.2 Å². The first kappa shape index (κ1) is 15.6. The first-order chi connectivity index (χ1) is 9.88. The largest absolute Gasteiger partial charge is 0.476 e. The fraction of sp³-hybridized carbons (Fsp3) is 0.167. The van der Waals surface area contributed by atoms with Gasteiger partial charge in [0.05, 0.1) is 11.4 Å². The molecule has 0 spiro atoms. The lowest BCUT2D eigenvalue weighted by Crippen LogP contribution is -2.20. The molecule has 1 aromatic heterocycles. The van der Waals surface area contributed by atoms with E-state index in [0.29, 0.717) is 11.4 Å². The van der Waals surface area contributed by atoms with Crippen LogP contribution in [-0.4, -0.2) is 32.0 Å². The molecule has 0 atom stereocenters. The van der Waals surface area contributed by atoms with Gasteiger partial charge in [-0.1, -0.05) is 21.1 Å². The van der Waals surface area contributed by atoms with Gasteiger partial charge in [-0.2, -0.15) is 0 Å². The fourth-order valence-electron chi connectivity index (χ4n) is 1.62. The number of rotatable bonds is 4. The zero-order chi connectivity index (χ0) is 15.6. The Labute approximate surface area is 136 Å². The maximum Gasteiger partial charge on any atom is 0.358 e. The highest BCUT2D eigenvalue weighted by Gasteiger charge is 2.17. The maximum atomic E-state index is 12.0. The highest BCUT2D eigenvalue weighted by Crippen LogP contribution is 2.26. The minimum atomic E-state index is -1.17. The van der Waals surface area contributed by atoms with E-state index in [0.717, 1.165) is 8.95 Å². The summed E-state index contributed by atoms with van der Waals surface area (Å²) in [6, 6.07) is 5.34. The van der Waals surface area contributed by atoms with Crippen LogP contribution in [0.3, 0.4) is 0 Å². The molecule has 1 heterocycles. The number of hydrogen-bond acceptors (Lipinski definition) is 4. The van der Waals surface area contributed by atoms with E-state index in [4.69, 9.17) is 5.11 Å². The number of amides is 1. The van der Waals surface area contributed by atoms with Gasteiger partial charge >= 0.3 is 5.97 Å². The number of nitrogens with zero attached hydrogens (tertiary/aromatic N) is 3. The summed E-state index contributed by atoms with van der Waals surface area (Å²) in [5.41, 5.74) is 0.777. The van der Waals surface area contributed by atoms with Crippen molar-refractivity contribution in [3.63, 3.8) is 0 Å². The molecule has 1 aromatic carbocycles. The molecule has 0 fully saturated rings. The molecule has 7 nitrogen and oxygen atoms in total. The zero-order valence-corrected chi connectivity index (χ0v) is 14.0. The summed E-state index contributed by atoms with van der Waals surface area (Å²) >= 11 is 6.66. The predicted molar refractivity (Wildman–Crippen MR) is 82.2 cm³/mol. The van der Waals surface area contributed by atoms with E-state index in [-0.39, 0.29) is 18.1 Å². The average molecular weight is 418 g/mol. The van der Waals surface area contributed by atoms with E-state index in [9.17, 15) is 9.59 Å². The number of benzene rings is 1. The van der Waals surface area contributed by atoms with Crippen LogP contribution in [-0.2, 0) is 11.3 Å². The van der Waals surface area contributed by atoms with Crippen molar-refractivity contribution >= 4 is 49.4 Å². The van der Waals surface area contributed by atoms with Crippen LogP contribution in [0.2, 0.25) is 0 Å². The standard InChI is InChI=1S/C12H10Br2N4O3/c1-6-11(12(20)21)16-17-18(6)5-10(19)15-9-3-2-7(13)4-8(9)14/h2-4H,5H2,1H3,(H,15,19)(H,20,21). The van der Waals surface area contributed by atoms with Crippen molar-refractivity contribution < 1.29 is 14.7 Å². The highest BCUT2D eigenvalue weighted by molar-refractivity contribution is 9.11. The van der Waals surface area contributed by atoms with Crippen LogP contribution in [0.15, 0.2) is 27.1 Å². The van der Waals surface area contributed by atoms with E-state index in [2.05, 4.69) is 47.5 Å². The Morgan fingerprint density at radius 3 is 2.67 bits per heavy atom. The summed E-state index contributed by atoms with van der Waals surface area (Å²) in [5, 5.41) is 18.8. The number of nitrogens with one attached hydrogen (secondary N) is 1. The number of anilines is 1. The van der Waals surface area contributed by atoms with Gasteiger partial charge in [-0.05, 0) is 41.1 Å². The second-order valence-corrected chi connectivity index (χ2v) is 5.93. The number of carbonyl (C=O) groups is 2. The van der Waals surface area contributed by atoms with Gasteiger partial charge in [0, 0.05) is 8.95 Å². The molecule has 0 saturated heterocycles. The molecule has 2 aromatic rings. The molecular formula is C12H10Br2N4O3. The van der Waals surface area contributed by atoms with E-state index < -0.39 is 5.97 Å². The molecule has 0 saturated carbocycles. The molecule has 0 aliphatic carbocycles. The minimum Gasteiger partial charge on any atom is -0.476 e. The molecule has 21 heavy (non-hydrogen) atoms. The number of carbonyl (C=O) groups excluding carboxylic acids is 1. The lowest BCUT2D eigenvalue weighted by Gasteiger charge is -2.08. The van der Waals surface area contributed by atoms with Crippen LogP contribution in [0, 0.1) is 6.92 Å². The van der Waals surface area contributed by atoms with E-state index in [1.54, 1.807) is 25.1 Å². The van der Waals surface area contributed by atoms with Gasteiger partial charge in [-0.3, -0.25) is 4.79 Å². The lowest BCUT2D eigenvalue weighted by atomic mass is 10.3. The third-order valence-corrected chi connectivity index (χ3v) is 3.83. The van der Waals surface area contributed by atoms with Gasteiger partial charge in [0.15, 0.2) is 5.69 Å². The summed E-state index contributed by atoms with van der Waals surface area (Å²) in [6.45, 7) is 1.43. The van der Waals surface area contributed by atoms with Crippen LogP contribution >= 0.6 is 31.9 Å². The number of aromatic carboxylic acids is 1. The third-order valence-electron chi connectivity index (χ3n) is 2.68. The zero-order valence-electron chi connectivity index (χ0n) is 10.8. The Balaban J connectivity index is 2.10. The van der Waals surface area contributed by atoms with Crippen molar-refractivity contribution in [2.24, 2.45) is 0 Å². The van der Waals surface area contributed by atoms with Gasteiger partial charge in [-0.15, -0.1) is 5.10 Å². The van der Waals surface area contributed by atoms with Gasteiger partial charge in [0.2, 0.25) is 5.91 Å². The molecule has 110 valence electrons. The van der Waals surface area contributed by atoms with Gasteiger partial charge in [0.25, 0.3) is 0 Å². The molecule has 1 amide bonds. The smallest absolute Gasteiger partial charge is 0.358 e. The quantitative estimate of drug-likeness (QED) is 0.796. The predicted octanol–water partition coefficient (Wildman–Crippen LogP) is 2.45. The molecule has 2 rings (SSSR count). The first-order valence-corrected chi connectivity index (χ1v) is 7.35. The number of aromatic nitrogens is 3. The highest BCUT2D eigenvalue weighted by atomic mass is 79.9. The van der Waals surface area contributed by atoms with Crippen molar-refractivity contribution in [1.82, 2.24) is 15.0 Å². The second kappa shape index (κ2) is 6.35. The van der Waals surface area contributed by atoms with Gasteiger partial charge in [0.1, 0.15) is 6.54 Å². The molecule has 0 aliphatic rings. The van der Waals surface area contributed by atoms with Crippen LogP contribution in [0.25, 0.3) is 0 Å². The van der Waals surface area contributed by atoms with Crippen LogP contribution in [0.4, 0.5) is 5.69 Å². The van der Waals surface area contributed by atoms with E-state index in [1.165, 1.54) is 4.68 Å². The molecular weight excluding hydrogens is 408 g/mol. The second-order valence-electron chi connectivity index (χ2n) is 4.16. The van der Waals surface area contributed by atoms with Crippen molar-refractivity contribution in [2.75, 3.05) is 5.32 Å². The topological polar surface area (TPSA) is 97.1 Å². The molecule has 0 bridgehead atoms. The maximum absolute atomic E-state index is 12.0. The van der Waals surface area contributed by atoms with E-state index in [1.807, 2.05) is 0 Å². The number of hydrogen-bond donors (Lipinski definition) is 2. The summed E-state index contributed by atoms with van der Waals surface area (Å²) in [6.07, 6.45) is 0. The first-order valence-electron chi connectivity index (χ1n) is 5.76. The summed E-state index contributed by atoms with van der Waals surface area (Å²) in [4.78, 5) is 22.8. The fourth-order valence-corrected chi connectivity index (χ4v) is 2.77. The Morgan fingerprint density at radius 2 is 2.10 bits per heavy atom. The SMILES string of the molecule is Cc1c(C(=O)O)nnn1CC(=O)Nc1ccc(Br)cc1Br. The van der Waals surface area contributed by atoms with Crippen LogP contribution in [0.5, 0.6) is 0 Å². The van der Waals surface area contributed by atoms with Gasteiger partial charge < -0.3 is 10.4 Å². The Bertz CT molecular complexity index is 715. The van der Waals surface area contributed by atoms with Crippen LogP contribution < -0.4 is 5.32 Å². The molecule has 9 heteroatoms. The number of carboxylic acids is 1. The monoisotopic (exact) mass is 416 g/mol. The molecule has 0 aliphatic heterocycles. The lowest BCUT2D eigenvalue weighted by molar-refractivity contribution is -0.117. The van der Waals surface area contributed by atoms with Crippen molar-refractivity contribution in [3.8, 4) is 0 Å². The molecule has 0 radical (unpaired) electrons. The molecule has 0 unspecified atom stereocenters. The minimum absolute atomic E-state index is 0.116. The summed E-state index contributed by atoms with van der Waals surface area (Å²) < 4.78 is 2.85. The number of carboxylic acid groups (broad SMARTS) is 1. The van der Waals surface area contributed by atoms with Crippen molar-refractivity contribution in [2.45, 2.75) is 13.5 Å². The van der Waals surface area contributed by atoms with Crippen molar-refractivity contribution in [1.29, 1.82) is 0 Å². The Kier molecular flexibility index (Phi) is 4.73. The Hall–Kier alpha value is -1.74. The summed E-state index contributed by atoms with van der Waals surface area (Å²) in [5.74, 6) is -1.50. The summed E-state index contributed by atoms with van der Waals surface area (Å²) in [7, 11) is 0. The van der Waals surface area contributed by atoms with Crippen molar-refractivity contribution in [3.05, 3.63) is 38.5 Å². The normalized spacial score (nSPS) is 10.4. The third kappa shape index (κ3) is 3.67. The average Bonchev–Trinajstić information content (AvgIpc) is 2.74. The molecule has 2 N–H and O–H groups in total. The Morgan fingerprint density at radius 1 is 1.38 bits per heavy atom. The van der Waals surface area contributed by atoms with E-state index >= 15 is 0 Å². The van der Waals surface area contributed by atoms with Gasteiger partial charge in [-0.25, -0.2) is 9.48 Å².